The molecule has 3 N–H and O–H groups in total. The summed E-state index contributed by atoms with van der Waals surface area (Å²) in [7, 11) is 0. The highest BCUT2D eigenvalue weighted by atomic mass is 127. The minimum absolute atomic E-state index is 0.0919. The number of nitrogens with one attached hydrogen (secondary N) is 1. The molecule has 0 heterocycles. The first-order valence-corrected chi connectivity index (χ1v) is 4.53. The second-order valence-corrected chi connectivity index (χ2v) is 3.47. The number of benzene rings is 1. The summed E-state index contributed by atoms with van der Waals surface area (Å²) in [6.45, 7) is 0. The summed E-state index contributed by atoms with van der Waals surface area (Å²) in [6, 6.07) is 4.45. The van der Waals surface area contributed by atoms with Crippen molar-refractivity contribution in [3.05, 3.63) is 21.8 Å². The van der Waals surface area contributed by atoms with Gasteiger partial charge in [0.2, 0.25) is 0 Å². The Hall–Kier alpha value is -0.700. The predicted octanol–water partition coefficient (Wildman–Crippen LogP) is 2.48. The van der Waals surface area contributed by atoms with Crippen molar-refractivity contribution in [1.82, 2.24) is 0 Å². The molecular weight excluding hydrogens is 312 g/mol. The molecule has 0 saturated carbocycles. The van der Waals surface area contributed by atoms with Crippen LogP contribution in [0.2, 0.25) is 0 Å². The van der Waals surface area contributed by atoms with Crippen molar-refractivity contribution < 1.29 is 17.9 Å². The van der Waals surface area contributed by atoms with Gasteiger partial charge in [-0.1, -0.05) is 6.07 Å². The van der Waals surface area contributed by atoms with Gasteiger partial charge >= 0.3 is 6.36 Å². The number of nitrogens with two attached hydrogens (primary N) is 1. The monoisotopic (exact) mass is 318 g/mol. The summed E-state index contributed by atoms with van der Waals surface area (Å²) in [5.41, 5.74) is 2.22. The summed E-state index contributed by atoms with van der Waals surface area (Å²) in [4.78, 5) is 0. The molecule has 0 radical (unpaired) electrons. The number of hydrazine groups is 1. The van der Waals surface area contributed by atoms with Crippen molar-refractivity contribution in [3.63, 3.8) is 0 Å². The molecule has 0 aromatic heterocycles. The van der Waals surface area contributed by atoms with Crippen molar-refractivity contribution in [1.29, 1.82) is 0 Å². The average molecular weight is 318 g/mol. The lowest BCUT2D eigenvalue weighted by atomic mass is 10.3. The molecule has 1 aromatic rings. The van der Waals surface area contributed by atoms with E-state index in [9.17, 15) is 13.2 Å². The first-order chi connectivity index (χ1) is 6.44. The lowest BCUT2D eigenvalue weighted by Crippen LogP contribution is -2.20. The van der Waals surface area contributed by atoms with Crippen LogP contribution in [0.1, 0.15) is 0 Å². The Morgan fingerprint density at radius 2 is 2.00 bits per heavy atom. The zero-order chi connectivity index (χ0) is 10.8. The van der Waals surface area contributed by atoms with Gasteiger partial charge in [-0.25, -0.2) is 0 Å². The van der Waals surface area contributed by atoms with E-state index in [1.165, 1.54) is 12.1 Å². The number of rotatable bonds is 2. The Labute approximate surface area is 91.5 Å². The van der Waals surface area contributed by atoms with E-state index >= 15 is 0 Å². The molecule has 78 valence electrons. The van der Waals surface area contributed by atoms with Crippen LogP contribution < -0.4 is 16.0 Å². The van der Waals surface area contributed by atoms with E-state index < -0.39 is 6.36 Å². The molecule has 0 spiro atoms. The van der Waals surface area contributed by atoms with Crippen LogP contribution in [0.3, 0.4) is 0 Å². The Morgan fingerprint density at radius 3 is 2.50 bits per heavy atom. The standard InChI is InChI=1S/C7H6F3IN2O/c8-7(9,10)14-6-4(11)2-1-3-5(6)13-12/h1-3,13H,12H2. The third-order valence-electron chi connectivity index (χ3n) is 1.34. The van der Waals surface area contributed by atoms with E-state index in [0.29, 0.717) is 3.57 Å². The van der Waals surface area contributed by atoms with Crippen molar-refractivity contribution >= 4 is 28.3 Å². The molecule has 0 unspecified atom stereocenters. The number of para-hydroxylation sites is 1. The lowest BCUT2D eigenvalue weighted by molar-refractivity contribution is -0.274. The fourth-order valence-electron chi connectivity index (χ4n) is 0.842. The quantitative estimate of drug-likeness (QED) is 0.500. The van der Waals surface area contributed by atoms with Crippen LogP contribution in [0.25, 0.3) is 0 Å². The number of nitrogen functional groups attached to an aromatic ring is 1. The number of halogens is 4. The third kappa shape index (κ3) is 2.91. The van der Waals surface area contributed by atoms with Crippen LogP contribution in [0.15, 0.2) is 18.2 Å². The van der Waals surface area contributed by atoms with Crippen LogP contribution in [0.5, 0.6) is 5.75 Å². The van der Waals surface area contributed by atoms with E-state index in [2.05, 4.69) is 10.2 Å². The summed E-state index contributed by atoms with van der Waals surface area (Å²) < 4.78 is 40.0. The van der Waals surface area contributed by atoms with Gasteiger partial charge in [0.25, 0.3) is 0 Å². The van der Waals surface area contributed by atoms with Crippen LogP contribution >= 0.6 is 22.6 Å². The van der Waals surface area contributed by atoms with E-state index in [4.69, 9.17) is 5.84 Å². The summed E-state index contributed by atoms with van der Waals surface area (Å²) in [5, 5.41) is 0. The molecule has 0 atom stereocenters. The van der Waals surface area contributed by atoms with E-state index in [1.54, 1.807) is 28.7 Å². The Balaban J connectivity index is 3.05. The van der Waals surface area contributed by atoms with Gasteiger partial charge in [-0.05, 0) is 34.7 Å². The summed E-state index contributed by atoms with van der Waals surface area (Å²) >= 11 is 1.73. The van der Waals surface area contributed by atoms with Gasteiger partial charge in [-0.3, -0.25) is 5.84 Å². The summed E-state index contributed by atoms with van der Waals surface area (Å²) in [5.74, 6) is 4.72. The molecule has 0 saturated heterocycles. The zero-order valence-electron chi connectivity index (χ0n) is 6.73. The maximum Gasteiger partial charge on any atom is 0.573 e. The lowest BCUT2D eigenvalue weighted by Gasteiger charge is -2.13. The molecule has 1 aromatic carbocycles. The fraction of sp³-hybridized carbons (Fsp3) is 0.143. The highest BCUT2D eigenvalue weighted by molar-refractivity contribution is 14.1. The van der Waals surface area contributed by atoms with E-state index in [1.807, 2.05) is 0 Å². The van der Waals surface area contributed by atoms with Gasteiger partial charge in [0, 0.05) is 0 Å². The van der Waals surface area contributed by atoms with Crippen LogP contribution in [-0.2, 0) is 0 Å². The predicted molar refractivity (Wildman–Crippen MR) is 53.7 cm³/mol. The normalized spacial score (nSPS) is 11.2. The number of anilines is 1. The molecule has 0 bridgehead atoms. The highest BCUT2D eigenvalue weighted by Crippen LogP contribution is 2.33. The number of hydrogen-bond donors (Lipinski definition) is 2. The smallest absolute Gasteiger partial charge is 0.402 e. The number of ether oxygens (including phenoxy) is 1. The van der Waals surface area contributed by atoms with Crippen molar-refractivity contribution in [2.75, 3.05) is 5.43 Å². The first-order valence-electron chi connectivity index (χ1n) is 3.45. The van der Waals surface area contributed by atoms with Gasteiger partial charge in [0.05, 0.1) is 9.26 Å². The zero-order valence-corrected chi connectivity index (χ0v) is 8.89. The van der Waals surface area contributed by atoms with Crippen LogP contribution in [0, 0.1) is 3.57 Å². The van der Waals surface area contributed by atoms with Crippen molar-refractivity contribution in [2.24, 2.45) is 5.84 Å². The van der Waals surface area contributed by atoms with E-state index in [0.717, 1.165) is 0 Å². The molecule has 7 heteroatoms. The minimum atomic E-state index is -4.72. The molecule has 0 aliphatic heterocycles. The van der Waals surface area contributed by atoms with Gasteiger partial charge in [0.1, 0.15) is 0 Å². The Morgan fingerprint density at radius 1 is 1.36 bits per heavy atom. The van der Waals surface area contributed by atoms with Gasteiger partial charge in [-0.2, -0.15) is 0 Å². The SMILES string of the molecule is NNc1cccc(I)c1OC(F)(F)F. The van der Waals surface area contributed by atoms with Crippen molar-refractivity contribution in [2.45, 2.75) is 6.36 Å². The second-order valence-electron chi connectivity index (χ2n) is 2.31. The topological polar surface area (TPSA) is 47.3 Å². The first kappa shape index (κ1) is 11.4. The van der Waals surface area contributed by atoms with Gasteiger partial charge in [-0.15, -0.1) is 13.2 Å². The number of alkyl halides is 3. The van der Waals surface area contributed by atoms with E-state index in [-0.39, 0.29) is 11.4 Å². The maximum atomic E-state index is 11.9. The summed E-state index contributed by atoms with van der Waals surface area (Å²) in [6.07, 6.45) is -4.72. The third-order valence-corrected chi connectivity index (χ3v) is 2.19. The highest BCUT2D eigenvalue weighted by Gasteiger charge is 2.33. The number of hydrogen-bond acceptors (Lipinski definition) is 3. The van der Waals surface area contributed by atoms with Gasteiger partial charge in [0.15, 0.2) is 5.75 Å². The van der Waals surface area contributed by atoms with Crippen molar-refractivity contribution in [3.8, 4) is 5.75 Å². The molecule has 14 heavy (non-hydrogen) atoms. The Bertz CT molecular complexity index is 329. The second kappa shape index (κ2) is 4.22. The molecule has 3 nitrogen and oxygen atoms in total. The average Bonchev–Trinajstić information content (AvgIpc) is 2.06. The molecule has 0 amide bonds. The fourth-order valence-corrected chi connectivity index (χ4v) is 1.45. The van der Waals surface area contributed by atoms with Crippen LogP contribution in [-0.4, -0.2) is 6.36 Å². The maximum absolute atomic E-state index is 11.9. The molecule has 0 aliphatic rings. The minimum Gasteiger partial charge on any atom is -0.402 e. The van der Waals surface area contributed by atoms with Crippen LogP contribution in [0.4, 0.5) is 18.9 Å². The molecule has 0 fully saturated rings. The molecule has 0 aliphatic carbocycles. The molecule has 1 rings (SSSR count). The molecular formula is C7H6F3IN2O. The van der Waals surface area contributed by atoms with Gasteiger partial charge < -0.3 is 10.2 Å². The largest absolute Gasteiger partial charge is 0.573 e. The Kier molecular flexibility index (Phi) is 3.43.